The summed E-state index contributed by atoms with van der Waals surface area (Å²) in [7, 11) is 0. The standard InChI is InChI=1S/C14H17N5O3.2ClH/c15-5-1-2-6-17-14(20)11-3-4-12(13(9-11)19(21)22)18-8-7-16-10-18;;/h3-4,7-10H,1-2,5-6,15H2,(H,17,20);2*1H. The highest BCUT2D eigenvalue weighted by molar-refractivity contribution is 5.95. The zero-order valence-corrected chi connectivity index (χ0v) is 14.4. The van der Waals surface area contributed by atoms with Gasteiger partial charge in [0.05, 0.1) is 11.3 Å². The van der Waals surface area contributed by atoms with Gasteiger partial charge in [-0.3, -0.25) is 14.9 Å². The smallest absolute Gasteiger partial charge is 0.294 e. The van der Waals surface area contributed by atoms with Gasteiger partial charge in [0.25, 0.3) is 11.6 Å². The second-order valence-corrected chi connectivity index (χ2v) is 4.68. The van der Waals surface area contributed by atoms with Crippen LogP contribution in [-0.2, 0) is 0 Å². The van der Waals surface area contributed by atoms with Crippen LogP contribution in [0.15, 0.2) is 36.9 Å². The number of carbonyl (C=O) groups excluding carboxylic acids is 1. The van der Waals surface area contributed by atoms with E-state index in [1.807, 2.05) is 0 Å². The van der Waals surface area contributed by atoms with Crippen LogP contribution in [-0.4, -0.2) is 33.5 Å². The van der Waals surface area contributed by atoms with Crippen molar-refractivity contribution in [1.82, 2.24) is 14.9 Å². The number of nitrogens with zero attached hydrogens (tertiary/aromatic N) is 3. The van der Waals surface area contributed by atoms with Gasteiger partial charge >= 0.3 is 0 Å². The molecule has 0 aliphatic carbocycles. The molecule has 3 N–H and O–H groups in total. The third kappa shape index (κ3) is 5.48. The molecule has 0 fully saturated rings. The van der Waals surface area contributed by atoms with Gasteiger partial charge in [-0.25, -0.2) is 4.98 Å². The average molecular weight is 376 g/mol. The quantitative estimate of drug-likeness (QED) is 0.436. The van der Waals surface area contributed by atoms with Crippen LogP contribution in [0.4, 0.5) is 5.69 Å². The Morgan fingerprint density at radius 1 is 1.33 bits per heavy atom. The Morgan fingerprint density at radius 2 is 2.08 bits per heavy atom. The summed E-state index contributed by atoms with van der Waals surface area (Å²) in [5.74, 6) is -0.336. The van der Waals surface area contributed by atoms with Crippen LogP contribution >= 0.6 is 24.8 Å². The monoisotopic (exact) mass is 375 g/mol. The van der Waals surface area contributed by atoms with Gasteiger partial charge in [0.1, 0.15) is 5.69 Å². The van der Waals surface area contributed by atoms with Crippen molar-refractivity contribution < 1.29 is 9.72 Å². The first-order valence-corrected chi connectivity index (χ1v) is 6.88. The minimum Gasteiger partial charge on any atom is -0.352 e. The summed E-state index contributed by atoms with van der Waals surface area (Å²) < 4.78 is 1.53. The Kier molecular flexibility index (Phi) is 9.63. The molecule has 10 heteroatoms. The highest BCUT2D eigenvalue weighted by Gasteiger charge is 2.18. The lowest BCUT2D eigenvalue weighted by molar-refractivity contribution is -0.384. The fraction of sp³-hybridized carbons (Fsp3) is 0.286. The van der Waals surface area contributed by atoms with Crippen molar-refractivity contribution in [3.05, 3.63) is 52.6 Å². The van der Waals surface area contributed by atoms with E-state index in [4.69, 9.17) is 5.73 Å². The predicted molar refractivity (Wildman–Crippen MR) is 95.3 cm³/mol. The van der Waals surface area contributed by atoms with Crippen molar-refractivity contribution in [3.63, 3.8) is 0 Å². The molecule has 0 unspecified atom stereocenters. The van der Waals surface area contributed by atoms with E-state index in [0.29, 0.717) is 18.8 Å². The molecule has 0 aliphatic heterocycles. The summed E-state index contributed by atoms with van der Waals surface area (Å²) in [5.41, 5.74) is 5.85. The molecule has 0 aliphatic rings. The lowest BCUT2D eigenvalue weighted by atomic mass is 10.1. The fourth-order valence-electron chi connectivity index (χ4n) is 2.00. The number of benzene rings is 1. The summed E-state index contributed by atoms with van der Waals surface area (Å²) in [6.07, 6.45) is 6.20. The zero-order chi connectivity index (χ0) is 15.9. The van der Waals surface area contributed by atoms with Crippen molar-refractivity contribution in [2.45, 2.75) is 12.8 Å². The third-order valence-corrected chi connectivity index (χ3v) is 3.13. The lowest BCUT2D eigenvalue weighted by Crippen LogP contribution is -2.25. The Balaban J connectivity index is 0.00000264. The molecular formula is C14H19Cl2N5O3. The average Bonchev–Trinajstić information content (AvgIpc) is 3.05. The van der Waals surface area contributed by atoms with Gasteiger partial charge in [0.15, 0.2) is 0 Å². The number of nitrogens with one attached hydrogen (secondary N) is 1. The van der Waals surface area contributed by atoms with Gasteiger partial charge in [-0.2, -0.15) is 0 Å². The van der Waals surface area contributed by atoms with Crippen LogP contribution in [0.1, 0.15) is 23.2 Å². The molecule has 1 amide bonds. The number of nitro benzene ring substituents is 1. The number of aromatic nitrogens is 2. The number of rotatable bonds is 7. The van der Waals surface area contributed by atoms with Crippen molar-refractivity contribution in [2.75, 3.05) is 13.1 Å². The van der Waals surface area contributed by atoms with Crippen molar-refractivity contribution in [3.8, 4) is 5.69 Å². The maximum Gasteiger partial charge on any atom is 0.294 e. The first-order valence-electron chi connectivity index (χ1n) is 6.88. The van der Waals surface area contributed by atoms with Gasteiger partial charge in [-0.15, -0.1) is 24.8 Å². The minimum atomic E-state index is -0.513. The van der Waals surface area contributed by atoms with Gasteiger partial charge in [-0.05, 0) is 31.5 Å². The van der Waals surface area contributed by atoms with Crippen molar-refractivity contribution in [1.29, 1.82) is 0 Å². The molecule has 2 aromatic rings. The molecule has 0 bridgehead atoms. The maximum absolute atomic E-state index is 12.0. The number of nitrogens with two attached hydrogens (primary N) is 1. The van der Waals surface area contributed by atoms with E-state index in [1.54, 1.807) is 12.3 Å². The zero-order valence-electron chi connectivity index (χ0n) is 12.8. The van der Waals surface area contributed by atoms with Gasteiger partial charge < -0.3 is 15.6 Å². The molecular weight excluding hydrogens is 357 g/mol. The van der Waals surface area contributed by atoms with Crippen LogP contribution in [0.2, 0.25) is 0 Å². The maximum atomic E-state index is 12.0. The largest absolute Gasteiger partial charge is 0.352 e. The fourth-order valence-corrected chi connectivity index (χ4v) is 2.00. The van der Waals surface area contributed by atoms with E-state index in [0.717, 1.165) is 12.8 Å². The second-order valence-electron chi connectivity index (χ2n) is 4.68. The predicted octanol–water partition coefficient (Wildman–Crippen LogP) is 2.09. The number of hydrogen-bond acceptors (Lipinski definition) is 5. The van der Waals surface area contributed by atoms with Crippen LogP contribution < -0.4 is 11.1 Å². The van der Waals surface area contributed by atoms with Gasteiger partial charge in [-0.1, -0.05) is 0 Å². The summed E-state index contributed by atoms with van der Waals surface area (Å²) in [6, 6.07) is 4.36. The van der Waals surface area contributed by atoms with Gasteiger partial charge in [0.2, 0.25) is 0 Å². The summed E-state index contributed by atoms with van der Waals surface area (Å²) in [5, 5.41) is 13.9. The number of imidazole rings is 1. The van der Waals surface area contributed by atoms with Crippen LogP contribution in [0.3, 0.4) is 0 Å². The van der Waals surface area contributed by atoms with E-state index < -0.39 is 4.92 Å². The number of unbranched alkanes of at least 4 members (excludes halogenated alkanes) is 1. The number of hydrogen-bond donors (Lipinski definition) is 2. The first-order chi connectivity index (χ1) is 10.6. The molecule has 0 atom stereocenters. The number of amides is 1. The Morgan fingerprint density at radius 3 is 2.67 bits per heavy atom. The molecule has 1 aromatic heterocycles. The highest BCUT2D eigenvalue weighted by atomic mass is 35.5. The number of halogens is 2. The second kappa shape index (κ2) is 10.6. The Hall–Kier alpha value is -2.16. The molecule has 0 saturated heterocycles. The topological polar surface area (TPSA) is 116 Å². The van der Waals surface area contributed by atoms with E-state index >= 15 is 0 Å². The molecule has 24 heavy (non-hydrogen) atoms. The van der Waals surface area contributed by atoms with E-state index in [2.05, 4.69) is 10.3 Å². The van der Waals surface area contributed by atoms with Crippen LogP contribution in [0.5, 0.6) is 0 Å². The lowest BCUT2D eigenvalue weighted by Gasteiger charge is -2.07. The van der Waals surface area contributed by atoms with E-state index in [-0.39, 0.29) is 42.0 Å². The molecule has 0 radical (unpaired) electrons. The number of carbonyl (C=O) groups is 1. The minimum absolute atomic E-state index is 0. The SMILES string of the molecule is Cl.Cl.NCCCCNC(=O)c1ccc(-n2ccnc2)c([N+](=O)[O-])c1. The normalized spacial score (nSPS) is 9.54. The van der Waals surface area contributed by atoms with Crippen LogP contribution in [0.25, 0.3) is 5.69 Å². The van der Waals surface area contributed by atoms with E-state index in [9.17, 15) is 14.9 Å². The third-order valence-electron chi connectivity index (χ3n) is 3.13. The molecule has 0 saturated carbocycles. The molecule has 1 heterocycles. The summed E-state index contributed by atoms with van der Waals surface area (Å²) in [6.45, 7) is 1.06. The Labute approximate surface area is 151 Å². The molecule has 2 rings (SSSR count). The summed E-state index contributed by atoms with van der Waals surface area (Å²) >= 11 is 0. The molecule has 8 nitrogen and oxygen atoms in total. The molecule has 0 spiro atoms. The van der Waals surface area contributed by atoms with Crippen LogP contribution in [0, 0.1) is 10.1 Å². The Bertz CT molecular complexity index is 664. The van der Waals surface area contributed by atoms with Gasteiger partial charge in [0, 0.05) is 30.6 Å². The molecule has 132 valence electrons. The van der Waals surface area contributed by atoms with Crippen molar-refractivity contribution >= 4 is 36.4 Å². The molecule has 1 aromatic carbocycles. The number of nitro groups is 1. The highest BCUT2D eigenvalue weighted by Crippen LogP contribution is 2.24. The summed E-state index contributed by atoms with van der Waals surface area (Å²) in [4.78, 5) is 26.6. The van der Waals surface area contributed by atoms with E-state index in [1.165, 1.54) is 29.2 Å². The first kappa shape index (κ1) is 21.8. The van der Waals surface area contributed by atoms with Crippen molar-refractivity contribution in [2.24, 2.45) is 5.73 Å².